The highest BCUT2D eigenvalue weighted by Gasteiger charge is 2.16. The zero-order valence-corrected chi connectivity index (χ0v) is 15.5. The summed E-state index contributed by atoms with van der Waals surface area (Å²) >= 11 is 0. The predicted octanol–water partition coefficient (Wildman–Crippen LogP) is 5.86. The zero-order chi connectivity index (χ0) is 16.4. The average Bonchev–Trinajstić information content (AvgIpc) is 2.48. The maximum absolute atomic E-state index is 11.6. The molecule has 126 valence electrons. The van der Waals surface area contributed by atoms with Crippen LogP contribution >= 0.6 is 10.7 Å². The lowest BCUT2D eigenvalue weighted by Gasteiger charge is -2.11. The number of halogens is 1. The maximum atomic E-state index is 11.6. The van der Waals surface area contributed by atoms with Crippen molar-refractivity contribution in [2.75, 3.05) is 0 Å². The molecule has 0 atom stereocenters. The van der Waals surface area contributed by atoms with E-state index in [1.807, 2.05) is 13.0 Å². The van der Waals surface area contributed by atoms with E-state index >= 15 is 0 Å². The van der Waals surface area contributed by atoms with Gasteiger partial charge in [-0.15, -0.1) is 0 Å². The quantitative estimate of drug-likeness (QED) is 0.372. The van der Waals surface area contributed by atoms with Crippen LogP contribution in [0.15, 0.2) is 23.1 Å². The number of hydrogen-bond donors (Lipinski definition) is 0. The van der Waals surface area contributed by atoms with Gasteiger partial charge in [-0.05, 0) is 36.5 Å². The average molecular weight is 345 g/mol. The second-order valence-corrected chi connectivity index (χ2v) is 8.44. The summed E-state index contributed by atoms with van der Waals surface area (Å²) in [7, 11) is 1.89. The van der Waals surface area contributed by atoms with Gasteiger partial charge in [-0.3, -0.25) is 0 Å². The summed E-state index contributed by atoms with van der Waals surface area (Å²) in [6, 6.07) is 5.44. The molecule has 0 aromatic heterocycles. The van der Waals surface area contributed by atoms with Crippen LogP contribution in [-0.2, 0) is 21.9 Å². The van der Waals surface area contributed by atoms with Crippen molar-refractivity contribution in [3.05, 3.63) is 29.3 Å². The standard InChI is InChI=1S/C18H29ClO2S/c1-3-5-6-7-8-9-10-11-13-16-14-12-15-18(17(16)4-2)22(19,20)21/h12,14-15H,3-11,13H2,1-2H3. The SMILES string of the molecule is CCCCCCCCCCc1cccc(S(=O)(=O)Cl)c1CC. The molecule has 22 heavy (non-hydrogen) atoms. The number of hydrogen-bond acceptors (Lipinski definition) is 2. The van der Waals surface area contributed by atoms with E-state index in [0.717, 1.165) is 24.0 Å². The van der Waals surface area contributed by atoms with Crippen LogP contribution in [0.5, 0.6) is 0 Å². The fourth-order valence-corrected chi connectivity index (χ4v) is 4.17. The molecule has 1 aromatic rings. The van der Waals surface area contributed by atoms with Crippen LogP contribution in [-0.4, -0.2) is 8.42 Å². The Kier molecular flexibility index (Phi) is 9.11. The molecule has 0 bridgehead atoms. The fourth-order valence-electron chi connectivity index (χ4n) is 2.92. The Balaban J connectivity index is 2.46. The van der Waals surface area contributed by atoms with Crippen molar-refractivity contribution in [1.29, 1.82) is 0 Å². The summed E-state index contributed by atoms with van der Waals surface area (Å²) in [5, 5.41) is 0. The normalized spacial score (nSPS) is 11.8. The third kappa shape index (κ3) is 6.70. The minimum Gasteiger partial charge on any atom is -0.207 e. The van der Waals surface area contributed by atoms with Crippen molar-refractivity contribution in [3.8, 4) is 0 Å². The number of benzene rings is 1. The molecule has 0 aliphatic carbocycles. The Bertz CT molecular complexity index is 538. The van der Waals surface area contributed by atoms with Crippen LogP contribution in [0.25, 0.3) is 0 Å². The van der Waals surface area contributed by atoms with Crippen LogP contribution in [0.3, 0.4) is 0 Å². The monoisotopic (exact) mass is 344 g/mol. The second-order valence-electron chi connectivity index (χ2n) is 5.91. The molecule has 0 unspecified atom stereocenters. The van der Waals surface area contributed by atoms with Crippen molar-refractivity contribution in [3.63, 3.8) is 0 Å². The molecule has 0 spiro atoms. The van der Waals surface area contributed by atoms with Gasteiger partial charge < -0.3 is 0 Å². The Hall–Kier alpha value is -0.540. The molecular formula is C18H29ClO2S. The number of unbranched alkanes of at least 4 members (excludes halogenated alkanes) is 7. The van der Waals surface area contributed by atoms with Gasteiger partial charge in [-0.2, -0.15) is 0 Å². The van der Waals surface area contributed by atoms with Gasteiger partial charge in [0.25, 0.3) is 9.05 Å². The van der Waals surface area contributed by atoms with E-state index in [1.165, 1.54) is 44.9 Å². The van der Waals surface area contributed by atoms with Crippen molar-refractivity contribution < 1.29 is 8.42 Å². The van der Waals surface area contributed by atoms with Gasteiger partial charge in [0.05, 0.1) is 4.90 Å². The topological polar surface area (TPSA) is 34.1 Å². The lowest BCUT2D eigenvalue weighted by molar-refractivity contribution is 0.574. The zero-order valence-electron chi connectivity index (χ0n) is 13.9. The van der Waals surface area contributed by atoms with Gasteiger partial charge in [0.15, 0.2) is 0 Å². The summed E-state index contributed by atoms with van der Waals surface area (Å²) in [4.78, 5) is 0.286. The molecule has 1 aromatic carbocycles. The van der Waals surface area contributed by atoms with E-state index in [4.69, 9.17) is 10.7 Å². The van der Waals surface area contributed by atoms with E-state index in [2.05, 4.69) is 6.92 Å². The number of aryl methyl sites for hydroxylation is 1. The molecule has 0 aliphatic rings. The first-order valence-electron chi connectivity index (χ1n) is 8.56. The summed E-state index contributed by atoms with van der Waals surface area (Å²) in [5.74, 6) is 0. The number of rotatable bonds is 11. The van der Waals surface area contributed by atoms with E-state index in [0.29, 0.717) is 6.42 Å². The van der Waals surface area contributed by atoms with Crippen LogP contribution in [0.4, 0.5) is 0 Å². The minimum atomic E-state index is -3.64. The van der Waals surface area contributed by atoms with Gasteiger partial charge in [0.1, 0.15) is 0 Å². The Morgan fingerprint density at radius 1 is 0.909 bits per heavy atom. The molecule has 0 radical (unpaired) electrons. The fraction of sp³-hybridized carbons (Fsp3) is 0.667. The minimum absolute atomic E-state index is 0.286. The van der Waals surface area contributed by atoms with Gasteiger partial charge >= 0.3 is 0 Å². The molecule has 2 nitrogen and oxygen atoms in total. The van der Waals surface area contributed by atoms with E-state index in [9.17, 15) is 8.42 Å². The van der Waals surface area contributed by atoms with Gasteiger partial charge in [-0.1, -0.05) is 70.9 Å². The molecule has 0 amide bonds. The first-order valence-corrected chi connectivity index (χ1v) is 10.9. The molecule has 4 heteroatoms. The van der Waals surface area contributed by atoms with Crippen molar-refractivity contribution in [2.45, 2.75) is 83.0 Å². The summed E-state index contributed by atoms with van der Waals surface area (Å²) < 4.78 is 23.3. The summed E-state index contributed by atoms with van der Waals surface area (Å²) in [6.45, 7) is 4.22. The highest BCUT2D eigenvalue weighted by Crippen LogP contribution is 2.25. The van der Waals surface area contributed by atoms with Crippen LogP contribution in [0.2, 0.25) is 0 Å². The van der Waals surface area contributed by atoms with Gasteiger partial charge in [-0.25, -0.2) is 8.42 Å². The Morgan fingerprint density at radius 3 is 2.05 bits per heavy atom. The Morgan fingerprint density at radius 2 is 1.50 bits per heavy atom. The van der Waals surface area contributed by atoms with E-state index in [1.54, 1.807) is 12.1 Å². The largest absolute Gasteiger partial charge is 0.261 e. The lowest BCUT2D eigenvalue weighted by Crippen LogP contribution is -2.02. The summed E-state index contributed by atoms with van der Waals surface area (Å²) in [6.07, 6.45) is 11.9. The van der Waals surface area contributed by atoms with Crippen molar-refractivity contribution >= 4 is 19.7 Å². The molecule has 0 heterocycles. The lowest BCUT2D eigenvalue weighted by atomic mass is 9.99. The predicted molar refractivity (Wildman–Crippen MR) is 95.2 cm³/mol. The van der Waals surface area contributed by atoms with Crippen LogP contribution in [0.1, 0.15) is 76.3 Å². The molecule has 0 N–H and O–H groups in total. The van der Waals surface area contributed by atoms with E-state index < -0.39 is 9.05 Å². The third-order valence-electron chi connectivity index (χ3n) is 4.15. The third-order valence-corrected chi connectivity index (χ3v) is 5.55. The highest BCUT2D eigenvalue weighted by atomic mass is 35.7. The molecule has 0 saturated heterocycles. The van der Waals surface area contributed by atoms with Gasteiger partial charge in [0.2, 0.25) is 0 Å². The van der Waals surface area contributed by atoms with Crippen molar-refractivity contribution in [1.82, 2.24) is 0 Å². The molecular weight excluding hydrogens is 316 g/mol. The maximum Gasteiger partial charge on any atom is 0.261 e. The molecule has 0 saturated carbocycles. The first-order chi connectivity index (χ1) is 10.5. The smallest absolute Gasteiger partial charge is 0.207 e. The molecule has 1 rings (SSSR count). The summed E-state index contributed by atoms with van der Waals surface area (Å²) in [5.41, 5.74) is 2.02. The highest BCUT2D eigenvalue weighted by molar-refractivity contribution is 8.13. The second kappa shape index (κ2) is 10.3. The first kappa shape index (κ1) is 19.5. The van der Waals surface area contributed by atoms with Crippen LogP contribution in [0, 0.1) is 0 Å². The van der Waals surface area contributed by atoms with E-state index in [-0.39, 0.29) is 4.90 Å². The Labute approximate surface area is 140 Å². The molecule has 0 aliphatic heterocycles. The van der Waals surface area contributed by atoms with Crippen molar-refractivity contribution in [2.24, 2.45) is 0 Å². The van der Waals surface area contributed by atoms with Gasteiger partial charge in [0, 0.05) is 10.7 Å². The molecule has 0 fully saturated rings. The van der Waals surface area contributed by atoms with Crippen LogP contribution < -0.4 is 0 Å².